The van der Waals surface area contributed by atoms with Gasteiger partial charge in [0, 0.05) is 25.2 Å². The summed E-state index contributed by atoms with van der Waals surface area (Å²) in [5, 5.41) is 0. The minimum Gasteiger partial charge on any atom is -0.494 e. The smallest absolute Gasteiger partial charge is 0.240 e. The molecule has 150 valence electrons. The van der Waals surface area contributed by atoms with Crippen LogP contribution in [0.3, 0.4) is 0 Å². The first kappa shape index (κ1) is 20.4. The van der Waals surface area contributed by atoms with Crippen LogP contribution in [0.5, 0.6) is 5.75 Å². The molecule has 1 saturated heterocycles. The van der Waals surface area contributed by atoms with Crippen molar-refractivity contribution in [3.05, 3.63) is 53.6 Å². The van der Waals surface area contributed by atoms with Gasteiger partial charge >= 0.3 is 0 Å². The zero-order valence-corrected chi connectivity index (χ0v) is 17.3. The molecule has 1 aliphatic rings. The van der Waals surface area contributed by atoms with E-state index in [1.165, 1.54) is 0 Å². The van der Waals surface area contributed by atoms with E-state index >= 15 is 0 Å². The van der Waals surface area contributed by atoms with Gasteiger partial charge in [0.2, 0.25) is 15.9 Å². The second-order valence-corrected chi connectivity index (χ2v) is 8.86. The maximum Gasteiger partial charge on any atom is 0.240 e. The molecule has 1 aliphatic heterocycles. The number of nitrogens with zero attached hydrogens (tertiary/aromatic N) is 1. The minimum absolute atomic E-state index is 0.0000870. The molecule has 1 amide bonds. The number of hydrogen-bond acceptors (Lipinski definition) is 4. The van der Waals surface area contributed by atoms with Gasteiger partial charge in [0.05, 0.1) is 11.5 Å². The van der Waals surface area contributed by atoms with Crippen LogP contribution in [-0.2, 0) is 14.8 Å². The molecule has 3 rings (SSSR count). The zero-order valence-electron chi connectivity index (χ0n) is 16.4. The van der Waals surface area contributed by atoms with Crippen LogP contribution in [-0.4, -0.2) is 34.0 Å². The van der Waals surface area contributed by atoms with Gasteiger partial charge in [0.1, 0.15) is 5.75 Å². The van der Waals surface area contributed by atoms with E-state index in [1.54, 1.807) is 24.0 Å². The Morgan fingerprint density at radius 1 is 1.14 bits per heavy atom. The monoisotopic (exact) mass is 402 g/mol. The van der Waals surface area contributed by atoms with Crippen molar-refractivity contribution in [2.75, 3.05) is 24.6 Å². The van der Waals surface area contributed by atoms with E-state index in [4.69, 9.17) is 4.74 Å². The molecule has 6 nitrogen and oxygen atoms in total. The molecule has 0 aromatic heterocycles. The number of benzene rings is 2. The molecule has 1 fully saturated rings. The Balaban J connectivity index is 1.65. The van der Waals surface area contributed by atoms with Crippen LogP contribution >= 0.6 is 0 Å². The fourth-order valence-electron chi connectivity index (χ4n) is 3.36. The third-order valence-corrected chi connectivity index (χ3v) is 6.43. The van der Waals surface area contributed by atoms with Crippen molar-refractivity contribution < 1.29 is 17.9 Å². The van der Waals surface area contributed by atoms with Crippen LogP contribution in [0.2, 0.25) is 0 Å². The van der Waals surface area contributed by atoms with Crippen molar-refractivity contribution in [2.45, 2.75) is 32.1 Å². The maximum absolute atomic E-state index is 12.7. The molecule has 0 bridgehead atoms. The number of carbonyl (C=O) groups excluding carboxylic acids is 1. The van der Waals surface area contributed by atoms with Crippen molar-refractivity contribution in [1.29, 1.82) is 0 Å². The molecule has 0 radical (unpaired) electrons. The van der Waals surface area contributed by atoms with Crippen molar-refractivity contribution >= 4 is 21.6 Å². The van der Waals surface area contributed by atoms with Gasteiger partial charge < -0.3 is 9.64 Å². The van der Waals surface area contributed by atoms with Crippen molar-refractivity contribution in [2.24, 2.45) is 5.92 Å². The number of anilines is 1. The largest absolute Gasteiger partial charge is 0.494 e. The Morgan fingerprint density at radius 2 is 1.86 bits per heavy atom. The van der Waals surface area contributed by atoms with Crippen LogP contribution in [0.1, 0.15) is 24.5 Å². The zero-order chi connectivity index (χ0) is 20.3. The lowest BCUT2D eigenvalue weighted by Gasteiger charge is -2.18. The van der Waals surface area contributed by atoms with Gasteiger partial charge in [-0.2, -0.15) is 0 Å². The SMILES string of the molecule is CCOc1ccc(N2C[C@@H](CNS(=O)(=O)c3cc(C)ccc3C)CC2=O)cc1. The van der Waals surface area contributed by atoms with Gasteiger partial charge in [-0.05, 0) is 68.1 Å². The molecule has 1 N–H and O–H groups in total. The van der Waals surface area contributed by atoms with Gasteiger partial charge in [-0.15, -0.1) is 0 Å². The molecule has 2 aromatic carbocycles. The molecular formula is C21H26N2O4S. The summed E-state index contributed by atoms with van der Waals surface area (Å²) in [4.78, 5) is 14.4. The van der Waals surface area contributed by atoms with E-state index in [2.05, 4.69) is 4.72 Å². The number of nitrogens with one attached hydrogen (secondary N) is 1. The number of hydrogen-bond donors (Lipinski definition) is 1. The second kappa shape index (κ2) is 8.32. The first-order valence-electron chi connectivity index (χ1n) is 9.40. The average Bonchev–Trinajstić information content (AvgIpc) is 3.04. The molecule has 0 saturated carbocycles. The highest BCUT2D eigenvalue weighted by molar-refractivity contribution is 7.89. The third kappa shape index (κ3) is 4.54. The van der Waals surface area contributed by atoms with E-state index < -0.39 is 10.0 Å². The van der Waals surface area contributed by atoms with Crippen LogP contribution in [0.15, 0.2) is 47.4 Å². The highest BCUT2D eigenvalue weighted by Crippen LogP contribution is 2.27. The quantitative estimate of drug-likeness (QED) is 0.772. The van der Waals surface area contributed by atoms with Crippen molar-refractivity contribution in [1.82, 2.24) is 4.72 Å². The number of carbonyl (C=O) groups is 1. The summed E-state index contributed by atoms with van der Waals surface area (Å²) in [6, 6.07) is 12.7. The highest BCUT2D eigenvalue weighted by Gasteiger charge is 2.31. The Kier molecular flexibility index (Phi) is 6.05. The molecule has 1 atom stereocenters. The van der Waals surface area contributed by atoms with Gasteiger partial charge in [-0.3, -0.25) is 4.79 Å². The summed E-state index contributed by atoms with van der Waals surface area (Å²) in [6.45, 7) is 6.87. The molecule has 0 spiro atoms. The van der Waals surface area contributed by atoms with E-state index in [-0.39, 0.29) is 18.4 Å². The Morgan fingerprint density at radius 3 is 2.54 bits per heavy atom. The van der Waals surface area contributed by atoms with Gasteiger partial charge in [-0.1, -0.05) is 12.1 Å². The van der Waals surface area contributed by atoms with E-state index in [1.807, 2.05) is 44.2 Å². The normalized spacial score (nSPS) is 17.2. The molecule has 0 unspecified atom stereocenters. The summed E-state index contributed by atoms with van der Waals surface area (Å²) in [5.74, 6) is 0.690. The summed E-state index contributed by atoms with van der Waals surface area (Å²) in [7, 11) is -3.61. The van der Waals surface area contributed by atoms with Crippen LogP contribution in [0.4, 0.5) is 5.69 Å². The summed E-state index contributed by atoms with van der Waals surface area (Å²) in [6.07, 6.45) is 0.322. The molecular weight excluding hydrogens is 376 g/mol. The molecule has 7 heteroatoms. The molecule has 2 aromatic rings. The summed E-state index contributed by atoms with van der Waals surface area (Å²) < 4.78 is 33.4. The number of rotatable bonds is 7. The Hall–Kier alpha value is -2.38. The van der Waals surface area contributed by atoms with Crippen molar-refractivity contribution in [3.63, 3.8) is 0 Å². The lowest BCUT2D eigenvalue weighted by Crippen LogP contribution is -2.31. The van der Waals surface area contributed by atoms with E-state index in [9.17, 15) is 13.2 Å². The fourth-order valence-corrected chi connectivity index (χ4v) is 4.80. The second-order valence-electron chi connectivity index (χ2n) is 7.12. The number of sulfonamides is 1. The molecule has 28 heavy (non-hydrogen) atoms. The third-order valence-electron chi connectivity index (χ3n) is 4.86. The predicted molar refractivity (Wildman–Crippen MR) is 109 cm³/mol. The standard InChI is InChI=1S/C21H26N2O4S/c1-4-27-19-9-7-18(8-10-19)23-14-17(12-21(23)24)13-22-28(25,26)20-11-15(2)5-6-16(20)3/h5-11,17,22H,4,12-14H2,1-3H3/t17-/m1/s1. The van der Waals surface area contributed by atoms with Crippen LogP contribution in [0, 0.1) is 19.8 Å². The van der Waals surface area contributed by atoms with Gasteiger partial charge in [0.15, 0.2) is 0 Å². The lowest BCUT2D eigenvalue weighted by atomic mass is 10.1. The van der Waals surface area contributed by atoms with Crippen LogP contribution < -0.4 is 14.4 Å². The topological polar surface area (TPSA) is 75.7 Å². The first-order chi connectivity index (χ1) is 13.3. The Bertz CT molecular complexity index is 955. The molecule has 0 aliphatic carbocycles. The van der Waals surface area contributed by atoms with Crippen LogP contribution in [0.25, 0.3) is 0 Å². The maximum atomic E-state index is 12.7. The first-order valence-corrected chi connectivity index (χ1v) is 10.9. The van der Waals surface area contributed by atoms with E-state index in [0.717, 1.165) is 17.0 Å². The number of ether oxygens (including phenoxy) is 1. The summed E-state index contributed by atoms with van der Waals surface area (Å²) >= 11 is 0. The molecule has 1 heterocycles. The minimum atomic E-state index is -3.61. The van der Waals surface area contributed by atoms with Gasteiger partial charge in [0.25, 0.3) is 0 Å². The predicted octanol–water partition coefficient (Wildman–Crippen LogP) is 3.03. The van der Waals surface area contributed by atoms with E-state index in [0.29, 0.717) is 30.0 Å². The Labute approximate surface area is 166 Å². The number of amides is 1. The average molecular weight is 403 g/mol. The highest BCUT2D eigenvalue weighted by atomic mass is 32.2. The van der Waals surface area contributed by atoms with Crippen molar-refractivity contribution in [3.8, 4) is 5.75 Å². The fraction of sp³-hybridized carbons (Fsp3) is 0.381. The lowest BCUT2D eigenvalue weighted by molar-refractivity contribution is -0.117. The number of aryl methyl sites for hydroxylation is 2. The van der Waals surface area contributed by atoms with Gasteiger partial charge in [-0.25, -0.2) is 13.1 Å². The summed E-state index contributed by atoms with van der Waals surface area (Å²) in [5.41, 5.74) is 2.40.